The fourth-order valence-electron chi connectivity index (χ4n) is 1.69. The Kier molecular flexibility index (Phi) is 5.26. The second-order valence-electron chi connectivity index (χ2n) is 3.91. The highest BCUT2D eigenvalue weighted by atomic mass is 19.1. The highest BCUT2D eigenvalue weighted by Gasteiger charge is 2.23. The van der Waals surface area contributed by atoms with Crippen molar-refractivity contribution in [1.29, 1.82) is 0 Å². The van der Waals surface area contributed by atoms with E-state index in [1.165, 1.54) is 6.08 Å². The zero-order chi connectivity index (χ0) is 12.0. The van der Waals surface area contributed by atoms with Gasteiger partial charge in [-0.25, -0.2) is 4.39 Å². The van der Waals surface area contributed by atoms with Crippen molar-refractivity contribution >= 4 is 0 Å². The summed E-state index contributed by atoms with van der Waals surface area (Å²) in [5.41, 5.74) is 0. The molecule has 1 N–H and O–H groups in total. The minimum absolute atomic E-state index is 0.148. The molecule has 90 valence electrons. The zero-order valence-corrected chi connectivity index (χ0v) is 9.66. The Labute approximate surface area is 96.1 Å². The van der Waals surface area contributed by atoms with Crippen molar-refractivity contribution in [2.75, 3.05) is 0 Å². The highest BCUT2D eigenvalue weighted by molar-refractivity contribution is 5.18. The fourth-order valence-corrected chi connectivity index (χ4v) is 1.69. The summed E-state index contributed by atoms with van der Waals surface area (Å²) in [4.78, 5) is 0. The van der Waals surface area contributed by atoms with E-state index in [4.69, 9.17) is 4.74 Å². The van der Waals surface area contributed by atoms with Crippen LogP contribution in [0.4, 0.5) is 4.39 Å². The van der Waals surface area contributed by atoms with Crippen molar-refractivity contribution in [3.63, 3.8) is 0 Å². The molecule has 1 aliphatic rings. The van der Waals surface area contributed by atoms with Crippen molar-refractivity contribution in [1.82, 2.24) is 0 Å². The van der Waals surface area contributed by atoms with E-state index >= 15 is 0 Å². The number of rotatable bonds is 4. The minimum Gasteiger partial charge on any atom is -0.492 e. The second-order valence-corrected chi connectivity index (χ2v) is 3.91. The molecule has 0 saturated carbocycles. The first-order valence-electron chi connectivity index (χ1n) is 5.71. The molecule has 1 fully saturated rings. The van der Waals surface area contributed by atoms with Crippen LogP contribution < -0.4 is 0 Å². The Morgan fingerprint density at radius 1 is 1.75 bits per heavy atom. The molecule has 0 aliphatic carbocycles. The normalized spacial score (nSPS) is 26.3. The van der Waals surface area contributed by atoms with Crippen LogP contribution in [0.25, 0.3) is 0 Å². The molecule has 0 aromatic heterocycles. The molecule has 0 bridgehead atoms. The second kappa shape index (κ2) is 6.48. The largest absolute Gasteiger partial charge is 0.492 e. The van der Waals surface area contributed by atoms with Crippen molar-refractivity contribution in [3.05, 3.63) is 36.4 Å². The van der Waals surface area contributed by atoms with Gasteiger partial charge in [0, 0.05) is 6.42 Å². The number of aliphatic hydroxyl groups is 1. The Morgan fingerprint density at radius 3 is 3.12 bits per heavy atom. The summed E-state index contributed by atoms with van der Waals surface area (Å²) in [6.45, 7) is 5.25. The quantitative estimate of drug-likeness (QED) is 0.746. The van der Waals surface area contributed by atoms with E-state index in [0.29, 0.717) is 6.42 Å². The molecule has 2 atom stereocenters. The van der Waals surface area contributed by atoms with Crippen molar-refractivity contribution < 1.29 is 14.2 Å². The van der Waals surface area contributed by atoms with E-state index in [9.17, 15) is 9.50 Å². The molecule has 0 radical (unpaired) electrons. The lowest BCUT2D eigenvalue weighted by molar-refractivity contribution is -0.0284. The molecule has 0 aromatic rings. The van der Waals surface area contributed by atoms with E-state index in [-0.39, 0.29) is 11.9 Å². The van der Waals surface area contributed by atoms with Gasteiger partial charge in [0.2, 0.25) is 0 Å². The number of aliphatic hydroxyl groups excluding tert-OH is 1. The van der Waals surface area contributed by atoms with E-state index < -0.39 is 6.10 Å². The average Bonchev–Trinajstić information content (AvgIpc) is 2.35. The lowest BCUT2D eigenvalue weighted by atomic mass is 10.0. The van der Waals surface area contributed by atoms with Gasteiger partial charge in [-0.15, -0.1) is 0 Å². The van der Waals surface area contributed by atoms with Crippen LogP contribution in [0.2, 0.25) is 0 Å². The third-order valence-electron chi connectivity index (χ3n) is 2.69. The maximum absolute atomic E-state index is 12.8. The maximum atomic E-state index is 12.8. The molecule has 0 unspecified atom stereocenters. The highest BCUT2D eigenvalue weighted by Crippen LogP contribution is 2.25. The van der Waals surface area contributed by atoms with Crippen molar-refractivity contribution in [2.24, 2.45) is 0 Å². The Balaban J connectivity index is 2.59. The summed E-state index contributed by atoms with van der Waals surface area (Å²) in [7, 11) is 0. The van der Waals surface area contributed by atoms with Crippen molar-refractivity contribution in [2.45, 2.75) is 44.8 Å². The van der Waals surface area contributed by atoms with Crippen LogP contribution in [0.3, 0.4) is 0 Å². The Hall–Kier alpha value is -1.09. The van der Waals surface area contributed by atoms with E-state index in [1.807, 2.05) is 6.92 Å². The van der Waals surface area contributed by atoms with Crippen LogP contribution in [-0.2, 0) is 4.74 Å². The number of halogens is 1. The van der Waals surface area contributed by atoms with E-state index in [1.54, 1.807) is 6.08 Å². The summed E-state index contributed by atoms with van der Waals surface area (Å²) in [5.74, 6) is 0.356. The molecule has 0 amide bonds. The lowest BCUT2D eigenvalue weighted by Crippen LogP contribution is -2.30. The average molecular weight is 226 g/mol. The maximum Gasteiger partial charge on any atom is 0.124 e. The number of ether oxygens (including phenoxy) is 1. The summed E-state index contributed by atoms with van der Waals surface area (Å²) in [6.07, 6.45) is 6.83. The Bertz CT molecular complexity index is 294. The molecule has 1 saturated heterocycles. The van der Waals surface area contributed by atoms with Gasteiger partial charge in [-0.3, -0.25) is 0 Å². The smallest absolute Gasteiger partial charge is 0.124 e. The monoisotopic (exact) mass is 226 g/mol. The van der Waals surface area contributed by atoms with Gasteiger partial charge in [0.25, 0.3) is 0 Å². The fraction of sp³-hybridized carbons (Fsp3) is 0.538. The van der Waals surface area contributed by atoms with Crippen LogP contribution >= 0.6 is 0 Å². The standard InChI is InChI=1S/C13H19FO2/c1-3-10(14)8-9-11-6-5-7-13(16-11)12(15)4-2/h3,8-9,12-13,15H,1,4-7H2,2H3/b10-8+,11-9+/t12-,13+/m0/s1. The molecule has 0 aromatic carbocycles. The van der Waals surface area contributed by atoms with Gasteiger partial charge in [-0.2, -0.15) is 0 Å². The van der Waals surface area contributed by atoms with Crippen LogP contribution in [0.1, 0.15) is 32.6 Å². The minimum atomic E-state index is -0.433. The molecular formula is C13H19FO2. The summed E-state index contributed by atoms with van der Waals surface area (Å²) < 4.78 is 18.4. The molecular weight excluding hydrogens is 207 g/mol. The van der Waals surface area contributed by atoms with Crippen LogP contribution in [0.15, 0.2) is 36.4 Å². The van der Waals surface area contributed by atoms with E-state index in [2.05, 4.69) is 6.58 Å². The third-order valence-corrected chi connectivity index (χ3v) is 2.69. The summed E-state index contributed by atoms with van der Waals surface area (Å²) >= 11 is 0. The van der Waals surface area contributed by atoms with Gasteiger partial charge < -0.3 is 9.84 Å². The Morgan fingerprint density at radius 2 is 2.50 bits per heavy atom. The third kappa shape index (κ3) is 3.81. The molecule has 1 heterocycles. The molecule has 3 heteroatoms. The number of hydrogen-bond donors (Lipinski definition) is 1. The van der Waals surface area contributed by atoms with Gasteiger partial charge >= 0.3 is 0 Å². The predicted molar refractivity (Wildman–Crippen MR) is 62.5 cm³/mol. The first-order valence-corrected chi connectivity index (χ1v) is 5.71. The summed E-state index contributed by atoms with van der Waals surface area (Å²) in [5, 5.41) is 9.67. The zero-order valence-electron chi connectivity index (χ0n) is 9.66. The lowest BCUT2D eigenvalue weighted by Gasteiger charge is -2.29. The molecule has 0 spiro atoms. The van der Waals surface area contributed by atoms with Gasteiger partial charge in [0.15, 0.2) is 0 Å². The van der Waals surface area contributed by atoms with Crippen LogP contribution in [0, 0.1) is 0 Å². The number of hydrogen-bond acceptors (Lipinski definition) is 2. The van der Waals surface area contributed by atoms with Gasteiger partial charge in [0.05, 0.1) is 11.9 Å². The van der Waals surface area contributed by atoms with Gasteiger partial charge in [0.1, 0.15) is 11.9 Å². The summed E-state index contributed by atoms with van der Waals surface area (Å²) in [6, 6.07) is 0. The predicted octanol–water partition coefficient (Wildman–Crippen LogP) is 3.25. The van der Waals surface area contributed by atoms with Gasteiger partial charge in [-0.1, -0.05) is 13.5 Å². The SMILES string of the molecule is C=C/C(F)=C\C=C1/CCC[C@H]([C@@H](O)CC)O1. The van der Waals surface area contributed by atoms with Crippen LogP contribution in [0.5, 0.6) is 0 Å². The molecule has 1 rings (SSSR count). The van der Waals surface area contributed by atoms with E-state index in [0.717, 1.165) is 31.1 Å². The molecule has 1 aliphatic heterocycles. The first-order chi connectivity index (χ1) is 7.67. The molecule has 2 nitrogen and oxygen atoms in total. The topological polar surface area (TPSA) is 29.5 Å². The first kappa shape index (κ1) is 13.0. The number of allylic oxidation sites excluding steroid dienone is 5. The van der Waals surface area contributed by atoms with Gasteiger partial charge in [-0.05, 0) is 37.5 Å². The molecule has 16 heavy (non-hydrogen) atoms. The van der Waals surface area contributed by atoms with Crippen LogP contribution in [-0.4, -0.2) is 17.3 Å². The van der Waals surface area contributed by atoms with Crippen molar-refractivity contribution in [3.8, 4) is 0 Å².